The predicted molar refractivity (Wildman–Crippen MR) is 96.8 cm³/mol. The molecule has 0 spiro atoms. The van der Waals surface area contributed by atoms with E-state index in [0.29, 0.717) is 5.46 Å². The first kappa shape index (κ1) is 17.7. The average Bonchev–Trinajstić information content (AvgIpc) is 2.94. The molecule has 130 valence electrons. The molecule has 0 amide bonds. The summed E-state index contributed by atoms with van der Waals surface area (Å²) in [4.78, 5) is 12.6. The lowest BCUT2D eigenvalue weighted by atomic mass is 9.74. The molecule has 0 N–H and O–H groups in total. The Hall–Kier alpha value is -2.12. The van der Waals surface area contributed by atoms with Crippen molar-refractivity contribution in [2.24, 2.45) is 5.92 Å². The zero-order chi connectivity index (χ0) is 18.2. The molecule has 25 heavy (non-hydrogen) atoms. The molecule has 0 aliphatic carbocycles. The molecule has 0 bridgehead atoms. The summed E-state index contributed by atoms with van der Waals surface area (Å²) in [5.41, 5.74) is 1.60. The fourth-order valence-corrected chi connectivity index (χ4v) is 4.76. The van der Waals surface area contributed by atoms with Gasteiger partial charge in [-0.3, -0.25) is 4.79 Å². The molecule has 1 atom stereocenters. The molecular formula is C18H20BNO4S. The molecule has 1 aliphatic heterocycles. The third-order valence-corrected chi connectivity index (χ3v) is 6.13. The number of hydrogen-bond donors (Lipinski definition) is 0. The molecule has 2 aromatic carbocycles. The molecule has 1 unspecified atom stereocenters. The van der Waals surface area contributed by atoms with Crippen LogP contribution in [0, 0.1) is 12.8 Å². The molecule has 1 fully saturated rings. The van der Waals surface area contributed by atoms with Crippen LogP contribution in [0.15, 0.2) is 59.5 Å². The van der Waals surface area contributed by atoms with Gasteiger partial charge in [0.05, 0.1) is 4.90 Å². The molecule has 7 heteroatoms. The van der Waals surface area contributed by atoms with E-state index in [1.54, 1.807) is 48.5 Å². The largest absolute Gasteiger partial charge is 0.514 e. The van der Waals surface area contributed by atoms with E-state index in [2.05, 4.69) is 0 Å². The predicted octanol–water partition coefficient (Wildman–Crippen LogP) is 1.96. The van der Waals surface area contributed by atoms with Gasteiger partial charge in [-0.25, -0.2) is 8.42 Å². The second kappa shape index (κ2) is 6.65. The lowest BCUT2D eigenvalue weighted by Gasteiger charge is -2.25. The van der Waals surface area contributed by atoms with Gasteiger partial charge in [-0.1, -0.05) is 61.9 Å². The highest BCUT2D eigenvalue weighted by molar-refractivity contribution is 7.90. The van der Waals surface area contributed by atoms with Crippen molar-refractivity contribution in [3.05, 3.63) is 60.2 Å². The lowest BCUT2D eigenvalue weighted by Crippen LogP contribution is -2.52. The molecule has 1 saturated heterocycles. The Labute approximate surface area is 148 Å². The molecule has 2 aromatic rings. The Bertz CT molecular complexity index is 866. The Kier molecular flexibility index (Phi) is 4.71. The van der Waals surface area contributed by atoms with Crippen molar-refractivity contribution in [1.82, 2.24) is 4.22 Å². The normalized spacial score (nSPS) is 18.6. The molecular weight excluding hydrogens is 337 g/mol. The summed E-state index contributed by atoms with van der Waals surface area (Å²) in [5.74, 6) is -0.721. The number of benzene rings is 2. The molecule has 0 saturated carbocycles. The Morgan fingerprint density at radius 3 is 2.20 bits per heavy atom. The van der Waals surface area contributed by atoms with Crippen molar-refractivity contribution in [2.45, 2.75) is 31.7 Å². The van der Waals surface area contributed by atoms with Gasteiger partial charge in [0.25, 0.3) is 0 Å². The van der Waals surface area contributed by atoms with Crippen molar-refractivity contribution in [1.29, 1.82) is 0 Å². The topological polar surface area (TPSA) is 63.7 Å². The van der Waals surface area contributed by atoms with E-state index >= 15 is 0 Å². The number of carbonyl (C=O) groups excluding carboxylic acids is 1. The van der Waals surface area contributed by atoms with Crippen molar-refractivity contribution < 1.29 is 17.9 Å². The van der Waals surface area contributed by atoms with Crippen LogP contribution in [0.5, 0.6) is 0 Å². The van der Waals surface area contributed by atoms with Crippen LogP contribution in [0.1, 0.15) is 19.4 Å². The first-order valence-corrected chi connectivity index (χ1v) is 9.62. The third-order valence-electron chi connectivity index (χ3n) is 4.29. The van der Waals surface area contributed by atoms with Crippen LogP contribution >= 0.6 is 0 Å². The van der Waals surface area contributed by atoms with E-state index in [1.807, 2.05) is 26.8 Å². The lowest BCUT2D eigenvalue weighted by molar-refractivity contribution is -0.135. The van der Waals surface area contributed by atoms with Crippen molar-refractivity contribution in [3.63, 3.8) is 0 Å². The maximum atomic E-state index is 13.3. The van der Waals surface area contributed by atoms with Crippen LogP contribution in [-0.2, 0) is 19.5 Å². The number of sulfonamides is 1. The monoisotopic (exact) mass is 357 g/mol. The zero-order valence-electron chi connectivity index (χ0n) is 14.4. The summed E-state index contributed by atoms with van der Waals surface area (Å²) in [6.07, 6.45) is 0. The fourth-order valence-electron chi connectivity index (χ4n) is 2.99. The minimum atomic E-state index is -3.89. The second-order valence-corrected chi connectivity index (χ2v) is 8.38. The van der Waals surface area contributed by atoms with Crippen LogP contribution in [0.3, 0.4) is 0 Å². The Morgan fingerprint density at radius 2 is 1.64 bits per heavy atom. The first-order chi connectivity index (χ1) is 11.8. The summed E-state index contributed by atoms with van der Waals surface area (Å²) in [6.45, 7) is 5.52. The van der Waals surface area contributed by atoms with E-state index in [-0.39, 0.29) is 10.8 Å². The number of rotatable bonds is 4. The molecule has 5 nitrogen and oxygen atoms in total. The summed E-state index contributed by atoms with van der Waals surface area (Å²) in [7, 11) is -4.84. The van der Waals surface area contributed by atoms with Crippen LogP contribution in [0.2, 0.25) is 0 Å². The maximum absolute atomic E-state index is 13.3. The number of hydrogen-bond acceptors (Lipinski definition) is 4. The fraction of sp³-hybridized carbons (Fsp3) is 0.278. The van der Waals surface area contributed by atoms with Gasteiger partial charge in [0.2, 0.25) is 10.0 Å². The Balaban J connectivity index is 2.12. The first-order valence-electron chi connectivity index (χ1n) is 8.18. The van der Waals surface area contributed by atoms with E-state index in [1.165, 1.54) is 4.22 Å². The highest BCUT2D eigenvalue weighted by Gasteiger charge is 2.54. The van der Waals surface area contributed by atoms with E-state index in [4.69, 9.17) is 4.65 Å². The Morgan fingerprint density at radius 1 is 1.04 bits per heavy atom. The number of nitrogens with zero attached hydrogens (tertiary/aromatic N) is 1. The highest BCUT2D eigenvalue weighted by Crippen LogP contribution is 2.29. The van der Waals surface area contributed by atoms with Gasteiger partial charge in [0.1, 0.15) is 6.04 Å². The van der Waals surface area contributed by atoms with Crippen molar-refractivity contribution in [2.75, 3.05) is 0 Å². The van der Waals surface area contributed by atoms with Crippen molar-refractivity contribution in [3.8, 4) is 0 Å². The minimum absolute atomic E-state index is 0.156. The summed E-state index contributed by atoms with van der Waals surface area (Å²) < 4.78 is 33.2. The van der Waals surface area contributed by atoms with E-state index in [0.717, 1.165) is 5.56 Å². The average molecular weight is 357 g/mol. The van der Waals surface area contributed by atoms with E-state index in [9.17, 15) is 13.2 Å². The van der Waals surface area contributed by atoms with Crippen molar-refractivity contribution >= 4 is 28.5 Å². The van der Waals surface area contributed by atoms with Gasteiger partial charge in [-0.15, -0.1) is 0 Å². The van der Waals surface area contributed by atoms with Gasteiger partial charge >= 0.3 is 13.0 Å². The molecule has 1 aliphatic rings. The highest BCUT2D eigenvalue weighted by atomic mass is 32.2. The maximum Gasteiger partial charge on any atom is 0.502 e. The van der Waals surface area contributed by atoms with Gasteiger partial charge in [0.15, 0.2) is 0 Å². The van der Waals surface area contributed by atoms with Gasteiger partial charge in [-0.2, -0.15) is 4.22 Å². The SMILES string of the molecule is Cc1ccc(S(=O)(=O)N2B(c3ccccc3)OC(=O)C2C(C)C)cc1. The second-order valence-electron chi connectivity index (χ2n) is 6.54. The summed E-state index contributed by atoms with van der Waals surface area (Å²) in [5, 5.41) is 0. The van der Waals surface area contributed by atoms with Crippen LogP contribution in [0.25, 0.3) is 0 Å². The molecule has 0 radical (unpaired) electrons. The third kappa shape index (κ3) is 3.21. The minimum Gasteiger partial charge on any atom is -0.514 e. The standard InChI is InChI=1S/C18H20BNO4S/c1-13(2)17-18(21)24-19(15-7-5-4-6-8-15)20(17)25(22,23)16-11-9-14(3)10-12-16/h4-13,17H,1-3H3. The zero-order valence-corrected chi connectivity index (χ0v) is 15.2. The molecule has 1 heterocycles. The van der Waals surface area contributed by atoms with Gasteiger partial charge in [0, 0.05) is 0 Å². The van der Waals surface area contributed by atoms with E-state index < -0.39 is 29.1 Å². The van der Waals surface area contributed by atoms with Crippen LogP contribution in [-0.4, -0.2) is 31.7 Å². The number of aryl methyl sites for hydroxylation is 1. The molecule has 3 rings (SSSR count). The van der Waals surface area contributed by atoms with Gasteiger partial charge in [-0.05, 0) is 30.4 Å². The quantitative estimate of drug-likeness (QED) is 0.785. The van der Waals surface area contributed by atoms with Crippen LogP contribution in [0.4, 0.5) is 0 Å². The number of carbonyl (C=O) groups is 1. The smallest absolute Gasteiger partial charge is 0.502 e. The molecule has 0 aromatic heterocycles. The van der Waals surface area contributed by atoms with Crippen LogP contribution < -0.4 is 5.46 Å². The van der Waals surface area contributed by atoms with Gasteiger partial charge < -0.3 is 4.65 Å². The summed E-state index contributed by atoms with van der Waals surface area (Å²) >= 11 is 0. The summed E-state index contributed by atoms with van der Waals surface area (Å²) in [6, 6.07) is 14.7.